The summed E-state index contributed by atoms with van der Waals surface area (Å²) >= 11 is 0. The Morgan fingerprint density at radius 1 is 1.47 bits per heavy atom. The molecule has 2 aliphatic rings. The number of rotatable bonds is 7. The number of nitrogens with one attached hydrogen (secondary N) is 1. The Balaban J connectivity index is 1.49. The average molecular weight is 471 g/mol. The number of esters is 1. The molecule has 0 aliphatic carbocycles. The van der Waals surface area contributed by atoms with Gasteiger partial charge in [0.1, 0.15) is 30.7 Å². The molecule has 2 N–H and O–H groups in total. The van der Waals surface area contributed by atoms with E-state index in [0.717, 1.165) is 0 Å². The van der Waals surface area contributed by atoms with Crippen LogP contribution in [0, 0.1) is 6.92 Å². The van der Waals surface area contributed by atoms with E-state index in [2.05, 4.69) is 20.0 Å². The molecule has 6 atom stereocenters. The van der Waals surface area contributed by atoms with Gasteiger partial charge >= 0.3 is 13.7 Å². The summed E-state index contributed by atoms with van der Waals surface area (Å²) in [4.78, 5) is 24.2. The predicted molar refractivity (Wildman–Crippen MR) is 109 cm³/mol. The molecule has 0 radical (unpaired) electrons. The lowest BCUT2D eigenvalue weighted by molar-refractivity contribution is -0.143. The molecule has 2 aromatic rings. The minimum Gasteiger partial charge on any atom is -0.479 e. The first-order valence-electron chi connectivity index (χ1n) is 10.2. The third-order valence-corrected chi connectivity index (χ3v) is 6.88. The highest BCUT2D eigenvalue weighted by atomic mass is 31.2. The van der Waals surface area contributed by atoms with Gasteiger partial charge in [-0.3, -0.25) is 18.4 Å². The molecule has 13 nitrogen and oxygen atoms in total. The van der Waals surface area contributed by atoms with Crippen molar-refractivity contribution in [1.82, 2.24) is 24.6 Å². The third-order valence-electron chi connectivity index (χ3n) is 5.11. The molecule has 0 bridgehead atoms. The maximum absolute atomic E-state index is 13.1. The van der Waals surface area contributed by atoms with Gasteiger partial charge in [-0.2, -0.15) is 4.98 Å². The largest absolute Gasteiger partial charge is 0.479 e. The van der Waals surface area contributed by atoms with Crippen LogP contribution in [0.2, 0.25) is 0 Å². The first kappa shape index (κ1) is 23.0. The van der Waals surface area contributed by atoms with Crippen molar-refractivity contribution in [3.63, 3.8) is 0 Å². The van der Waals surface area contributed by atoms with Gasteiger partial charge in [0.25, 0.3) is 0 Å². The van der Waals surface area contributed by atoms with E-state index in [4.69, 9.17) is 23.3 Å². The van der Waals surface area contributed by atoms with Gasteiger partial charge in [-0.05, 0) is 13.8 Å². The molecule has 0 aromatic carbocycles. The second kappa shape index (κ2) is 9.00. The summed E-state index contributed by atoms with van der Waals surface area (Å²) in [5.41, 5.74) is 0.842. The van der Waals surface area contributed by atoms with Crippen LogP contribution in [0.15, 0.2) is 6.33 Å². The average Bonchev–Trinajstić information content (AvgIpc) is 3.31. The fourth-order valence-corrected chi connectivity index (χ4v) is 5.33. The molecular weight excluding hydrogens is 445 g/mol. The number of hydrogen-bond donors (Lipinski definition) is 2. The van der Waals surface area contributed by atoms with Crippen molar-refractivity contribution in [2.24, 2.45) is 0 Å². The lowest BCUT2D eigenvalue weighted by atomic mass is 10.1. The monoisotopic (exact) mass is 471 g/mol. The number of nitrogens with zero attached hydrogens (tertiary/aromatic N) is 4. The number of imidazole rings is 1. The number of ether oxygens (including phenoxy) is 3. The van der Waals surface area contributed by atoms with Crippen molar-refractivity contribution in [3.05, 3.63) is 12.2 Å². The van der Waals surface area contributed by atoms with Crippen LogP contribution in [-0.4, -0.2) is 75.3 Å². The Labute approximate surface area is 184 Å². The summed E-state index contributed by atoms with van der Waals surface area (Å²) in [6.45, 7) is 5.01. The van der Waals surface area contributed by atoms with Crippen LogP contribution < -0.4 is 9.82 Å². The lowest BCUT2D eigenvalue weighted by Crippen LogP contribution is -2.43. The van der Waals surface area contributed by atoms with Crippen LogP contribution in [0.1, 0.15) is 32.3 Å². The molecular formula is C18H26N5O8P. The van der Waals surface area contributed by atoms with Crippen LogP contribution in [0.4, 0.5) is 0 Å². The Kier molecular flexibility index (Phi) is 6.48. The summed E-state index contributed by atoms with van der Waals surface area (Å²) in [6, 6.07) is -0.493. The third kappa shape index (κ3) is 4.36. The van der Waals surface area contributed by atoms with Crippen molar-refractivity contribution in [2.45, 2.75) is 57.8 Å². The number of hydrogen-bond acceptors (Lipinski definition) is 11. The predicted octanol–water partition coefficient (Wildman–Crippen LogP) is 0.856. The van der Waals surface area contributed by atoms with Crippen LogP contribution in [0.25, 0.3) is 11.2 Å². The van der Waals surface area contributed by atoms with E-state index in [1.54, 1.807) is 25.3 Å². The molecule has 14 heteroatoms. The van der Waals surface area contributed by atoms with Crippen molar-refractivity contribution >= 4 is 24.9 Å². The van der Waals surface area contributed by atoms with E-state index >= 15 is 0 Å². The molecule has 2 saturated heterocycles. The van der Waals surface area contributed by atoms with Gasteiger partial charge in [-0.1, -0.05) is 6.92 Å². The number of carbonyl (C=O) groups is 1. The highest BCUT2D eigenvalue weighted by molar-refractivity contribution is 7.51. The van der Waals surface area contributed by atoms with Crippen LogP contribution in [-0.2, 0) is 27.9 Å². The van der Waals surface area contributed by atoms with Gasteiger partial charge < -0.3 is 19.3 Å². The van der Waals surface area contributed by atoms with Gasteiger partial charge in [0, 0.05) is 12.5 Å². The van der Waals surface area contributed by atoms with Crippen molar-refractivity contribution in [1.29, 1.82) is 0 Å². The number of aryl methyl sites for hydroxylation is 1. The van der Waals surface area contributed by atoms with E-state index in [0.29, 0.717) is 22.9 Å². The summed E-state index contributed by atoms with van der Waals surface area (Å²) < 4.78 is 41.9. The normalized spacial score (nSPS) is 30.8. The van der Waals surface area contributed by atoms with E-state index < -0.39 is 38.3 Å². The van der Waals surface area contributed by atoms with Crippen molar-refractivity contribution in [2.75, 3.05) is 20.3 Å². The second-order valence-electron chi connectivity index (χ2n) is 7.59. The standard InChI is InChI=1S/C18H26N5O8P/c1-5-12(24)28-6-9(2)22-32(26)29-7-11-15(31-32)14(25)18(30-11)23-8-19-13-16(23)20-10(3)21-17(13)27-4/h8-9,11,14-15,18,25H,5-7H2,1-4H3,(H,22,26)/t9-,11?,14-,15+,18+,32?/m0/s1. The number of methoxy groups -OCH3 is 1. The summed E-state index contributed by atoms with van der Waals surface area (Å²) in [5.74, 6) is 0.405. The molecule has 0 spiro atoms. The van der Waals surface area contributed by atoms with Gasteiger partial charge in [-0.15, -0.1) is 0 Å². The van der Waals surface area contributed by atoms with Crippen molar-refractivity contribution in [3.8, 4) is 5.88 Å². The van der Waals surface area contributed by atoms with Crippen LogP contribution in [0.5, 0.6) is 5.88 Å². The number of aliphatic hydroxyl groups is 1. The second-order valence-corrected chi connectivity index (χ2v) is 9.31. The molecule has 2 aliphatic heterocycles. The zero-order valence-corrected chi connectivity index (χ0v) is 19.0. The molecule has 176 valence electrons. The topological polar surface area (TPSA) is 156 Å². The number of aromatic nitrogens is 4. The Hall–Kier alpha value is -2.15. The molecule has 2 aromatic heterocycles. The van der Waals surface area contributed by atoms with Gasteiger partial charge in [-0.25, -0.2) is 19.6 Å². The molecule has 4 heterocycles. The molecule has 32 heavy (non-hydrogen) atoms. The van der Waals surface area contributed by atoms with Crippen molar-refractivity contribution < 1.29 is 37.7 Å². The minimum atomic E-state index is -3.77. The quantitative estimate of drug-likeness (QED) is 0.434. The van der Waals surface area contributed by atoms with E-state index in [-0.39, 0.29) is 25.6 Å². The maximum atomic E-state index is 13.1. The Morgan fingerprint density at radius 2 is 2.25 bits per heavy atom. The Morgan fingerprint density at radius 3 is 2.97 bits per heavy atom. The summed E-state index contributed by atoms with van der Waals surface area (Å²) in [7, 11) is -2.29. The highest BCUT2D eigenvalue weighted by Crippen LogP contribution is 2.53. The first-order chi connectivity index (χ1) is 15.2. The summed E-state index contributed by atoms with van der Waals surface area (Å²) in [5, 5.41) is 13.7. The van der Waals surface area contributed by atoms with Crippen LogP contribution in [0.3, 0.4) is 0 Å². The number of carbonyl (C=O) groups excluding carboxylic acids is 1. The van der Waals surface area contributed by atoms with Gasteiger partial charge in [0.15, 0.2) is 17.4 Å². The SMILES string of the molecule is CCC(=O)OC[C@H](C)NP1(=O)OCC2O[C@@H](n3cnc4c(OC)nc(C)nc43)[C@@H](O)[C@@H]2O1. The lowest BCUT2D eigenvalue weighted by Gasteiger charge is -2.33. The van der Waals surface area contributed by atoms with E-state index in [9.17, 15) is 14.5 Å². The zero-order chi connectivity index (χ0) is 23.0. The summed E-state index contributed by atoms with van der Waals surface area (Å²) in [6.07, 6.45) is -1.94. The first-order valence-corrected chi connectivity index (χ1v) is 11.7. The number of fused-ring (bicyclic) bond motifs is 2. The fourth-order valence-electron chi connectivity index (χ4n) is 3.59. The van der Waals surface area contributed by atoms with E-state index in [1.807, 2.05) is 0 Å². The molecule has 2 fully saturated rings. The van der Waals surface area contributed by atoms with Crippen LogP contribution >= 0.6 is 7.75 Å². The smallest absolute Gasteiger partial charge is 0.406 e. The maximum Gasteiger partial charge on any atom is 0.406 e. The molecule has 2 unspecified atom stereocenters. The fraction of sp³-hybridized carbons (Fsp3) is 0.667. The minimum absolute atomic E-state index is 0.00106. The molecule has 0 saturated carbocycles. The van der Waals surface area contributed by atoms with E-state index in [1.165, 1.54) is 13.4 Å². The molecule has 4 rings (SSSR count). The van der Waals surface area contributed by atoms with Gasteiger partial charge in [0.2, 0.25) is 5.88 Å². The Bertz CT molecular complexity index is 1050. The van der Waals surface area contributed by atoms with Gasteiger partial charge in [0.05, 0.1) is 20.0 Å². The zero-order valence-electron chi connectivity index (χ0n) is 18.1. The highest BCUT2D eigenvalue weighted by Gasteiger charge is 2.53. The number of aliphatic hydroxyl groups excluding tert-OH is 1. The molecule has 0 amide bonds.